The van der Waals surface area contributed by atoms with E-state index in [0.717, 1.165) is 12.1 Å². The summed E-state index contributed by atoms with van der Waals surface area (Å²) in [4.78, 5) is 2.15. The van der Waals surface area contributed by atoms with Crippen LogP contribution in [0.1, 0.15) is 11.1 Å². The minimum Gasteiger partial charge on any atom is -0.395 e. The summed E-state index contributed by atoms with van der Waals surface area (Å²) in [6, 6.07) is 7.38. The quantitative estimate of drug-likeness (QED) is 0.899. The molecule has 1 fully saturated rings. The second-order valence-corrected chi connectivity index (χ2v) is 4.71. The van der Waals surface area contributed by atoms with Gasteiger partial charge in [-0.15, -0.1) is 0 Å². The molecule has 1 atom stereocenters. The zero-order valence-corrected chi connectivity index (χ0v) is 10.7. The van der Waals surface area contributed by atoms with Gasteiger partial charge in [-0.25, -0.2) is 0 Å². The van der Waals surface area contributed by atoms with Crippen molar-refractivity contribution < 1.29 is 9.84 Å². The number of nitrogens with zero attached hydrogens (tertiary/aromatic N) is 2. The zero-order chi connectivity index (χ0) is 13.0. The molecule has 1 aliphatic rings. The fourth-order valence-electron chi connectivity index (χ4n) is 2.03. The number of halogens is 1. The smallest absolute Gasteiger partial charge is 0.0992 e. The summed E-state index contributed by atoms with van der Waals surface area (Å²) >= 11 is 6.15. The number of morpholine rings is 1. The van der Waals surface area contributed by atoms with Gasteiger partial charge in [0.25, 0.3) is 0 Å². The molecule has 1 saturated heterocycles. The highest BCUT2D eigenvalue weighted by molar-refractivity contribution is 6.31. The normalized spacial score (nSPS) is 20.6. The molecule has 0 amide bonds. The van der Waals surface area contributed by atoms with Crippen LogP contribution in [0.3, 0.4) is 0 Å². The van der Waals surface area contributed by atoms with E-state index in [0.29, 0.717) is 30.3 Å². The first kappa shape index (κ1) is 13.3. The lowest BCUT2D eigenvalue weighted by Crippen LogP contribution is -2.46. The number of nitriles is 1. The monoisotopic (exact) mass is 266 g/mol. The van der Waals surface area contributed by atoms with Crippen molar-refractivity contribution in [3.05, 3.63) is 34.3 Å². The lowest BCUT2D eigenvalue weighted by Gasteiger charge is -2.34. The molecule has 0 bridgehead atoms. The Morgan fingerprint density at radius 1 is 1.56 bits per heavy atom. The van der Waals surface area contributed by atoms with Gasteiger partial charge in [-0.1, -0.05) is 17.7 Å². The van der Waals surface area contributed by atoms with Gasteiger partial charge in [0.1, 0.15) is 0 Å². The molecule has 1 aromatic rings. The van der Waals surface area contributed by atoms with Gasteiger partial charge in [-0.2, -0.15) is 5.26 Å². The van der Waals surface area contributed by atoms with Crippen LogP contribution in [-0.2, 0) is 11.3 Å². The highest BCUT2D eigenvalue weighted by atomic mass is 35.5. The summed E-state index contributed by atoms with van der Waals surface area (Å²) in [6.45, 7) is 2.74. The van der Waals surface area contributed by atoms with Gasteiger partial charge in [0.15, 0.2) is 0 Å². The summed E-state index contributed by atoms with van der Waals surface area (Å²) in [5.41, 5.74) is 1.53. The lowest BCUT2D eigenvalue weighted by molar-refractivity contribution is -0.0312. The van der Waals surface area contributed by atoms with E-state index in [1.165, 1.54) is 0 Å². The van der Waals surface area contributed by atoms with E-state index < -0.39 is 0 Å². The first-order valence-electron chi connectivity index (χ1n) is 5.85. The fourth-order valence-corrected chi connectivity index (χ4v) is 2.27. The van der Waals surface area contributed by atoms with Crippen molar-refractivity contribution in [2.24, 2.45) is 0 Å². The van der Waals surface area contributed by atoms with Crippen LogP contribution in [0.4, 0.5) is 0 Å². The van der Waals surface area contributed by atoms with Crippen molar-refractivity contribution in [2.45, 2.75) is 12.6 Å². The van der Waals surface area contributed by atoms with Crippen molar-refractivity contribution in [3.8, 4) is 6.07 Å². The Balaban J connectivity index is 2.10. The maximum Gasteiger partial charge on any atom is 0.0992 e. The molecule has 1 unspecified atom stereocenters. The first-order valence-corrected chi connectivity index (χ1v) is 6.23. The molecule has 0 radical (unpaired) electrons. The average Bonchev–Trinajstić information content (AvgIpc) is 2.41. The van der Waals surface area contributed by atoms with E-state index in [-0.39, 0.29) is 12.6 Å². The van der Waals surface area contributed by atoms with Gasteiger partial charge in [-0.05, 0) is 17.7 Å². The Hall–Kier alpha value is -1.12. The van der Waals surface area contributed by atoms with Gasteiger partial charge in [0, 0.05) is 18.1 Å². The fraction of sp³-hybridized carbons (Fsp3) is 0.462. The maximum atomic E-state index is 9.29. The van der Waals surface area contributed by atoms with Crippen molar-refractivity contribution in [2.75, 3.05) is 26.4 Å². The number of aliphatic hydroxyl groups is 1. The van der Waals surface area contributed by atoms with Gasteiger partial charge in [-0.3, -0.25) is 4.90 Å². The summed E-state index contributed by atoms with van der Waals surface area (Å²) in [5.74, 6) is 0. The van der Waals surface area contributed by atoms with Crippen LogP contribution in [-0.4, -0.2) is 42.4 Å². The first-order chi connectivity index (χ1) is 8.74. The van der Waals surface area contributed by atoms with Crippen LogP contribution < -0.4 is 0 Å². The highest BCUT2D eigenvalue weighted by Crippen LogP contribution is 2.21. The summed E-state index contributed by atoms with van der Waals surface area (Å²) in [5, 5.41) is 18.7. The SMILES string of the molecule is N#Cc1ccc(CN2CCOCC2CO)c(Cl)c1. The van der Waals surface area contributed by atoms with Crippen LogP contribution in [0.15, 0.2) is 18.2 Å². The molecule has 5 heteroatoms. The topological polar surface area (TPSA) is 56.5 Å². The zero-order valence-electron chi connectivity index (χ0n) is 9.97. The molecule has 96 valence electrons. The van der Waals surface area contributed by atoms with Crippen molar-refractivity contribution in [1.29, 1.82) is 5.26 Å². The van der Waals surface area contributed by atoms with E-state index in [2.05, 4.69) is 11.0 Å². The molecule has 1 aliphatic heterocycles. The summed E-state index contributed by atoms with van der Waals surface area (Å²) < 4.78 is 5.33. The third-order valence-corrected chi connectivity index (χ3v) is 3.47. The molecule has 1 heterocycles. The molecular weight excluding hydrogens is 252 g/mol. The van der Waals surface area contributed by atoms with Crippen LogP contribution in [0, 0.1) is 11.3 Å². The van der Waals surface area contributed by atoms with Crippen LogP contribution in [0.2, 0.25) is 5.02 Å². The van der Waals surface area contributed by atoms with E-state index in [1.807, 2.05) is 6.07 Å². The van der Waals surface area contributed by atoms with E-state index in [1.54, 1.807) is 12.1 Å². The number of ether oxygens (including phenoxy) is 1. The standard InChI is InChI=1S/C13H15ClN2O2/c14-13-5-10(6-15)1-2-11(13)7-16-3-4-18-9-12(16)8-17/h1-2,5,12,17H,3-4,7-9H2. The Labute approximate surface area is 111 Å². The average molecular weight is 267 g/mol. The van der Waals surface area contributed by atoms with Crippen molar-refractivity contribution >= 4 is 11.6 Å². The van der Waals surface area contributed by atoms with E-state index in [9.17, 15) is 5.11 Å². The van der Waals surface area contributed by atoms with Gasteiger partial charge < -0.3 is 9.84 Å². The van der Waals surface area contributed by atoms with Crippen molar-refractivity contribution in [1.82, 2.24) is 4.90 Å². The van der Waals surface area contributed by atoms with Gasteiger partial charge in [0.05, 0.1) is 37.5 Å². The third-order valence-electron chi connectivity index (χ3n) is 3.12. The van der Waals surface area contributed by atoms with Gasteiger partial charge in [0.2, 0.25) is 0 Å². The molecule has 2 rings (SSSR count). The Morgan fingerprint density at radius 3 is 3.06 bits per heavy atom. The molecule has 0 aromatic heterocycles. The highest BCUT2D eigenvalue weighted by Gasteiger charge is 2.22. The van der Waals surface area contributed by atoms with Gasteiger partial charge >= 0.3 is 0 Å². The minimum atomic E-state index is 0.0189. The maximum absolute atomic E-state index is 9.29. The Morgan fingerprint density at radius 2 is 2.39 bits per heavy atom. The molecule has 0 spiro atoms. The predicted octanol–water partition coefficient (Wildman–Crippen LogP) is 1.40. The Bertz CT molecular complexity index is 459. The van der Waals surface area contributed by atoms with Crippen LogP contribution >= 0.6 is 11.6 Å². The number of hydrogen-bond donors (Lipinski definition) is 1. The number of aliphatic hydroxyl groups excluding tert-OH is 1. The van der Waals surface area contributed by atoms with Crippen LogP contribution in [0.25, 0.3) is 0 Å². The van der Waals surface area contributed by atoms with Crippen LogP contribution in [0.5, 0.6) is 0 Å². The molecular formula is C13H15ClN2O2. The second-order valence-electron chi connectivity index (χ2n) is 4.30. The molecule has 18 heavy (non-hydrogen) atoms. The molecule has 4 nitrogen and oxygen atoms in total. The molecule has 0 saturated carbocycles. The van der Waals surface area contributed by atoms with Crippen molar-refractivity contribution in [3.63, 3.8) is 0 Å². The second kappa shape index (κ2) is 6.17. The number of benzene rings is 1. The van der Waals surface area contributed by atoms with E-state index >= 15 is 0 Å². The largest absolute Gasteiger partial charge is 0.395 e. The predicted molar refractivity (Wildman–Crippen MR) is 68.3 cm³/mol. The Kier molecular flexibility index (Phi) is 4.56. The summed E-state index contributed by atoms with van der Waals surface area (Å²) in [7, 11) is 0. The minimum absolute atomic E-state index is 0.0189. The molecule has 0 aliphatic carbocycles. The third kappa shape index (κ3) is 3.01. The number of hydrogen-bond acceptors (Lipinski definition) is 4. The molecule has 1 N–H and O–H groups in total. The van der Waals surface area contributed by atoms with E-state index in [4.69, 9.17) is 21.6 Å². The summed E-state index contributed by atoms with van der Waals surface area (Å²) in [6.07, 6.45) is 0. The molecule has 1 aromatic carbocycles. The lowest BCUT2D eigenvalue weighted by atomic mass is 10.1. The number of rotatable bonds is 3.